The lowest BCUT2D eigenvalue weighted by Crippen LogP contribution is -2.44. The molecule has 0 spiro atoms. The van der Waals surface area contributed by atoms with Crippen molar-refractivity contribution in [1.29, 1.82) is 0 Å². The van der Waals surface area contributed by atoms with Crippen molar-refractivity contribution in [2.24, 2.45) is 10.7 Å². The third kappa shape index (κ3) is 7.34. The SMILES string of the molecule is C=CN=C(/C=C(\N)CN1CCC[C@H]1C(=O)NCC)Oc1ccc2c(ccn2C(=O)Nc2cccc(C(F)(F)F)c2)c1. The summed E-state index contributed by atoms with van der Waals surface area (Å²) in [6.07, 6.45) is 1.55. The highest BCUT2D eigenvalue weighted by Crippen LogP contribution is 2.31. The molecule has 2 amide bonds. The van der Waals surface area contributed by atoms with Crippen molar-refractivity contribution in [2.75, 3.05) is 25.0 Å². The van der Waals surface area contributed by atoms with Crippen LogP contribution in [-0.4, -0.2) is 53.0 Å². The number of ether oxygens (including phenoxy) is 1. The van der Waals surface area contributed by atoms with E-state index in [4.69, 9.17) is 10.5 Å². The van der Waals surface area contributed by atoms with Crippen LogP contribution < -0.4 is 21.1 Å². The topological polar surface area (TPSA) is 114 Å². The minimum atomic E-state index is -4.52. The predicted octanol–water partition coefficient (Wildman–Crippen LogP) is 5.10. The van der Waals surface area contributed by atoms with E-state index in [2.05, 4.69) is 22.2 Å². The van der Waals surface area contributed by atoms with Crippen LogP contribution in [0.4, 0.5) is 23.7 Å². The monoisotopic (exact) mass is 568 g/mol. The Morgan fingerprint density at radius 3 is 2.76 bits per heavy atom. The molecule has 0 radical (unpaired) electrons. The molecule has 0 aliphatic carbocycles. The van der Waals surface area contributed by atoms with Crippen molar-refractivity contribution in [2.45, 2.75) is 32.0 Å². The molecule has 4 rings (SSSR count). The maximum atomic E-state index is 13.0. The van der Waals surface area contributed by atoms with E-state index < -0.39 is 17.8 Å². The second-order valence-corrected chi connectivity index (χ2v) is 9.41. The number of halogens is 3. The lowest BCUT2D eigenvalue weighted by atomic mass is 10.2. The van der Waals surface area contributed by atoms with Gasteiger partial charge in [0.25, 0.3) is 0 Å². The third-order valence-electron chi connectivity index (χ3n) is 6.47. The van der Waals surface area contributed by atoms with Gasteiger partial charge < -0.3 is 21.1 Å². The van der Waals surface area contributed by atoms with Crippen molar-refractivity contribution < 1.29 is 27.5 Å². The maximum absolute atomic E-state index is 13.0. The molecule has 9 nitrogen and oxygen atoms in total. The second-order valence-electron chi connectivity index (χ2n) is 9.41. The molecule has 2 heterocycles. The minimum Gasteiger partial charge on any atom is -0.439 e. The number of anilines is 1. The molecular weight excluding hydrogens is 537 g/mol. The fourth-order valence-corrected chi connectivity index (χ4v) is 4.67. The summed E-state index contributed by atoms with van der Waals surface area (Å²) in [5.41, 5.74) is 6.42. The van der Waals surface area contributed by atoms with Crippen molar-refractivity contribution in [3.8, 4) is 5.75 Å². The van der Waals surface area contributed by atoms with E-state index in [1.54, 1.807) is 30.3 Å². The van der Waals surface area contributed by atoms with E-state index in [1.165, 1.54) is 29.1 Å². The molecule has 1 atom stereocenters. The fraction of sp³-hybridized carbons (Fsp3) is 0.276. The zero-order valence-corrected chi connectivity index (χ0v) is 22.4. The molecule has 0 saturated carbocycles. The van der Waals surface area contributed by atoms with E-state index in [0.717, 1.165) is 31.5 Å². The van der Waals surface area contributed by atoms with Crippen molar-refractivity contribution in [3.63, 3.8) is 0 Å². The molecule has 1 aliphatic rings. The Kier molecular flexibility index (Phi) is 9.13. The number of nitrogens with two attached hydrogens (primary N) is 1. The summed E-state index contributed by atoms with van der Waals surface area (Å²) in [6, 6.07) is 10.2. The number of aromatic nitrogens is 1. The lowest BCUT2D eigenvalue weighted by Gasteiger charge is -2.23. The van der Waals surface area contributed by atoms with Crippen LogP contribution in [0.15, 0.2) is 84.3 Å². The number of nitrogens with one attached hydrogen (secondary N) is 2. The number of carbonyl (C=O) groups is 2. The molecule has 4 N–H and O–H groups in total. The fourth-order valence-electron chi connectivity index (χ4n) is 4.67. The number of aliphatic imine (C=N–C) groups is 1. The number of nitrogens with zero attached hydrogens (tertiary/aromatic N) is 3. The lowest BCUT2D eigenvalue weighted by molar-refractivity contribution is -0.137. The van der Waals surface area contributed by atoms with Crippen LogP contribution in [0.2, 0.25) is 0 Å². The van der Waals surface area contributed by atoms with Gasteiger partial charge in [-0.05, 0) is 68.8 Å². The standard InChI is InChI=1S/C29H31F3N6O3/c1-3-34-26(17-21(33)18-37-13-6-9-25(37)27(39)35-4-2)41-23-10-11-24-19(15-23)12-14-38(24)28(40)36-22-8-5-7-20(16-22)29(30,31)32/h3,5,7-8,10-12,14-17,25H,1,4,6,9,13,18,33H2,2H3,(H,35,39)(H,36,40)/b21-17-,34-26?/t25-/m0/s1. The Hall–Kier alpha value is -4.58. The molecule has 2 aromatic carbocycles. The zero-order chi connectivity index (χ0) is 29.6. The van der Waals surface area contributed by atoms with E-state index in [0.29, 0.717) is 35.4 Å². The van der Waals surface area contributed by atoms with Gasteiger partial charge in [-0.2, -0.15) is 13.2 Å². The largest absolute Gasteiger partial charge is 0.439 e. The van der Waals surface area contributed by atoms with Crippen molar-refractivity contribution >= 4 is 34.4 Å². The van der Waals surface area contributed by atoms with Crippen LogP contribution in [-0.2, 0) is 11.0 Å². The van der Waals surface area contributed by atoms with E-state index in [1.807, 2.05) is 11.8 Å². The van der Waals surface area contributed by atoms with Crippen molar-refractivity contribution in [1.82, 2.24) is 14.8 Å². The summed E-state index contributed by atoms with van der Waals surface area (Å²) in [4.78, 5) is 31.3. The first-order chi connectivity index (χ1) is 19.6. The highest BCUT2D eigenvalue weighted by atomic mass is 19.4. The van der Waals surface area contributed by atoms with Crippen LogP contribution in [0.3, 0.4) is 0 Å². The van der Waals surface area contributed by atoms with Crippen LogP contribution in [0, 0.1) is 0 Å². The van der Waals surface area contributed by atoms with Gasteiger partial charge in [-0.15, -0.1) is 0 Å². The van der Waals surface area contributed by atoms with Gasteiger partial charge in [0.15, 0.2) is 0 Å². The first kappa shape index (κ1) is 29.4. The first-order valence-electron chi connectivity index (χ1n) is 13.0. The summed E-state index contributed by atoms with van der Waals surface area (Å²) >= 11 is 0. The van der Waals surface area contributed by atoms with E-state index >= 15 is 0 Å². The number of benzene rings is 2. The minimum absolute atomic E-state index is 0.0159. The molecule has 0 unspecified atom stereocenters. The van der Waals surface area contributed by atoms with Gasteiger partial charge in [0.05, 0.1) is 17.1 Å². The van der Waals surface area contributed by atoms with E-state index in [9.17, 15) is 22.8 Å². The molecule has 1 aromatic heterocycles. The van der Waals surface area contributed by atoms with Gasteiger partial charge in [0.1, 0.15) is 5.75 Å². The van der Waals surface area contributed by atoms with Gasteiger partial charge in [-0.25, -0.2) is 9.79 Å². The Morgan fingerprint density at radius 2 is 2.02 bits per heavy atom. The summed E-state index contributed by atoms with van der Waals surface area (Å²) < 4.78 is 46.3. The molecule has 12 heteroatoms. The van der Waals surface area contributed by atoms with Crippen LogP contribution in [0.1, 0.15) is 25.3 Å². The number of fused-ring (bicyclic) bond motifs is 1. The van der Waals surface area contributed by atoms with Crippen LogP contribution in [0.5, 0.6) is 5.75 Å². The number of hydrogen-bond acceptors (Lipinski definition) is 6. The molecule has 0 bridgehead atoms. The van der Waals surface area contributed by atoms with Crippen LogP contribution >= 0.6 is 0 Å². The van der Waals surface area contributed by atoms with Gasteiger partial charge >= 0.3 is 12.2 Å². The average molecular weight is 569 g/mol. The molecular formula is C29H31F3N6O3. The maximum Gasteiger partial charge on any atom is 0.416 e. The normalized spacial score (nSPS) is 16.5. The Balaban J connectivity index is 1.46. The quantitative estimate of drug-likeness (QED) is 0.258. The summed E-state index contributed by atoms with van der Waals surface area (Å²) in [6.45, 7) is 7.18. The number of alkyl halides is 3. The van der Waals surface area contributed by atoms with E-state index in [-0.39, 0.29) is 23.5 Å². The summed E-state index contributed by atoms with van der Waals surface area (Å²) in [7, 11) is 0. The molecule has 41 heavy (non-hydrogen) atoms. The number of likely N-dealkylation sites (N-methyl/N-ethyl adjacent to an activating group) is 1. The Morgan fingerprint density at radius 1 is 1.22 bits per heavy atom. The van der Waals surface area contributed by atoms with Gasteiger partial charge in [0.2, 0.25) is 11.8 Å². The molecule has 1 fully saturated rings. The van der Waals surface area contributed by atoms with Crippen LogP contribution in [0.25, 0.3) is 10.9 Å². The first-order valence-corrected chi connectivity index (χ1v) is 13.0. The zero-order valence-electron chi connectivity index (χ0n) is 22.4. The molecule has 3 aromatic rings. The molecule has 216 valence electrons. The number of likely N-dealkylation sites (tertiary alicyclic amines) is 1. The number of carbonyl (C=O) groups excluding carboxylic acids is 2. The van der Waals surface area contributed by atoms with Gasteiger partial charge in [-0.3, -0.25) is 14.3 Å². The molecule has 1 aliphatic heterocycles. The van der Waals surface area contributed by atoms with Crippen molar-refractivity contribution in [3.05, 3.63) is 84.8 Å². The third-order valence-corrected chi connectivity index (χ3v) is 6.47. The second kappa shape index (κ2) is 12.7. The Bertz CT molecular complexity index is 1490. The number of amides is 2. The number of hydrogen-bond donors (Lipinski definition) is 3. The smallest absolute Gasteiger partial charge is 0.416 e. The number of rotatable bonds is 8. The highest BCUT2D eigenvalue weighted by molar-refractivity contribution is 5.99. The van der Waals surface area contributed by atoms with Gasteiger partial charge in [0, 0.05) is 48.3 Å². The Labute approximate surface area is 235 Å². The molecule has 1 saturated heterocycles. The predicted molar refractivity (Wildman–Crippen MR) is 152 cm³/mol. The average Bonchev–Trinajstić information content (AvgIpc) is 3.55. The summed E-state index contributed by atoms with van der Waals surface area (Å²) in [5.74, 6) is 0.588. The summed E-state index contributed by atoms with van der Waals surface area (Å²) in [5, 5.41) is 6.00. The highest BCUT2D eigenvalue weighted by Gasteiger charge is 2.31. The van der Waals surface area contributed by atoms with Gasteiger partial charge in [-0.1, -0.05) is 12.6 Å².